The van der Waals surface area contributed by atoms with Gasteiger partial charge in [-0.25, -0.2) is 0 Å². The van der Waals surface area contributed by atoms with Crippen LogP contribution in [0.15, 0.2) is 42.5 Å². The van der Waals surface area contributed by atoms with Crippen LogP contribution in [0, 0.1) is 0 Å². The van der Waals surface area contributed by atoms with Crippen molar-refractivity contribution >= 4 is 28.9 Å². The van der Waals surface area contributed by atoms with Crippen molar-refractivity contribution in [2.45, 2.75) is 19.8 Å². The molecular formula is C21H25ClN2O3. The Morgan fingerprint density at radius 3 is 2.81 bits per heavy atom. The van der Waals surface area contributed by atoms with E-state index in [1.807, 2.05) is 24.3 Å². The SMILES string of the molecule is CCCCOc1cccc(C(=O)Nc2cc(Cl)ccc2N2CCOCC2)c1. The minimum atomic E-state index is -0.187. The molecule has 0 spiro atoms. The van der Waals surface area contributed by atoms with E-state index >= 15 is 0 Å². The summed E-state index contributed by atoms with van der Waals surface area (Å²) in [5, 5.41) is 3.58. The van der Waals surface area contributed by atoms with Crippen LogP contribution in [0.25, 0.3) is 0 Å². The highest BCUT2D eigenvalue weighted by atomic mass is 35.5. The maximum atomic E-state index is 12.8. The summed E-state index contributed by atoms with van der Waals surface area (Å²) < 4.78 is 11.1. The van der Waals surface area contributed by atoms with E-state index in [4.69, 9.17) is 21.1 Å². The van der Waals surface area contributed by atoms with E-state index < -0.39 is 0 Å². The number of amides is 1. The zero-order valence-electron chi connectivity index (χ0n) is 15.5. The first-order valence-corrected chi connectivity index (χ1v) is 9.71. The van der Waals surface area contributed by atoms with Gasteiger partial charge in [0.2, 0.25) is 0 Å². The van der Waals surface area contributed by atoms with Crippen LogP contribution in [-0.2, 0) is 4.74 Å². The van der Waals surface area contributed by atoms with E-state index in [0.717, 1.165) is 31.6 Å². The van der Waals surface area contributed by atoms with E-state index in [1.165, 1.54) is 0 Å². The van der Waals surface area contributed by atoms with Crippen LogP contribution < -0.4 is 15.0 Å². The number of carbonyl (C=O) groups excluding carboxylic acids is 1. The smallest absolute Gasteiger partial charge is 0.255 e. The Morgan fingerprint density at radius 2 is 2.04 bits per heavy atom. The van der Waals surface area contributed by atoms with Crippen molar-refractivity contribution in [3.05, 3.63) is 53.1 Å². The largest absolute Gasteiger partial charge is 0.494 e. The molecule has 0 aromatic heterocycles. The van der Waals surface area contributed by atoms with Crippen molar-refractivity contribution in [2.75, 3.05) is 43.1 Å². The third-order valence-corrected chi connectivity index (χ3v) is 4.66. The summed E-state index contributed by atoms with van der Waals surface area (Å²) in [6.07, 6.45) is 2.06. The number of benzene rings is 2. The number of nitrogens with zero attached hydrogens (tertiary/aromatic N) is 1. The first-order valence-electron chi connectivity index (χ1n) is 9.34. The highest BCUT2D eigenvalue weighted by molar-refractivity contribution is 6.31. The molecule has 27 heavy (non-hydrogen) atoms. The van der Waals surface area contributed by atoms with Crippen molar-refractivity contribution < 1.29 is 14.3 Å². The predicted octanol–water partition coefficient (Wildman–Crippen LogP) is 4.61. The molecular weight excluding hydrogens is 364 g/mol. The van der Waals surface area contributed by atoms with Crippen LogP contribution in [0.3, 0.4) is 0 Å². The number of anilines is 2. The molecule has 1 N–H and O–H groups in total. The van der Waals surface area contributed by atoms with Crippen LogP contribution in [0.1, 0.15) is 30.1 Å². The molecule has 2 aromatic carbocycles. The Balaban J connectivity index is 1.75. The first kappa shape index (κ1) is 19.5. The van der Waals surface area contributed by atoms with Crippen molar-refractivity contribution in [2.24, 2.45) is 0 Å². The molecule has 0 radical (unpaired) electrons. The fourth-order valence-electron chi connectivity index (χ4n) is 2.94. The summed E-state index contributed by atoms with van der Waals surface area (Å²) in [5.74, 6) is 0.517. The summed E-state index contributed by atoms with van der Waals surface area (Å²) in [4.78, 5) is 15.0. The molecule has 0 atom stereocenters. The highest BCUT2D eigenvalue weighted by Crippen LogP contribution is 2.30. The molecule has 2 aromatic rings. The summed E-state index contributed by atoms with van der Waals surface area (Å²) in [7, 11) is 0. The van der Waals surface area contributed by atoms with Gasteiger partial charge in [0, 0.05) is 23.7 Å². The lowest BCUT2D eigenvalue weighted by atomic mass is 10.1. The minimum absolute atomic E-state index is 0.187. The van der Waals surface area contributed by atoms with E-state index in [2.05, 4.69) is 17.1 Å². The van der Waals surface area contributed by atoms with Crippen molar-refractivity contribution in [1.29, 1.82) is 0 Å². The quantitative estimate of drug-likeness (QED) is 0.704. The number of nitrogens with one attached hydrogen (secondary N) is 1. The standard InChI is InChI=1S/C21H25ClN2O3/c1-2-3-11-27-18-6-4-5-16(14-18)21(25)23-19-15-17(22)7-8-20(19)24-9-12-26-13-10-24/h4-8,14-15H,2-3,9-13H2,1H3,(H,23,25). The second kappa shape index (κ2) is 9.62. The maximum absolute atomic E-state index is 12.8. The van der Waals surface area contributed by atoms with Crippen LogP contribution in [0.5, 0.6) is 5.75 Å². The number of unbranched alkanes of at least 4 members (excludes halogenated alkanes) is 1. The Kier molecular flexibility index (Phi) is 6.96. The molecule has 1 fully saturated rings. The number of carbonyl (C=O) groups is 1. The fourth-order valence-corrected chi connectivity index (χ4v) is 3.12. The molecule has 5 nitrogen and oxygen atoms in total. The average molecular weight is 389 g/mol. The molecule has 0 saturated carbocycles. The Hall–Kier alpha value is -2.24. The van der Waals surface area contributed by atoms with E-state index in [0.29, 0.717) is 41.8 Å². The van der Waals surface area contributed by atoms with Gasteiger partial charge in [0.15, 0.2) is 0 Å². The van der Waals surface area contributed by atoms with E-state index in [1.54, 1.807) is 18.2 Å². The maximum Gasteiger partial charge on any atom is 0.255 e. The number of hydrogen-bond acceptors (Lipinski definition) is 4. The third kappa shape index (κ3) is 5.37. The lowest BCUT2D eigenvalue weighted by Crippen LogP contribution is -2.36. The summed E-state index contributed by atoms with van der Waals surface area (Å²) in [5.41, 5.74) is 2.20. The minimum Gasteiger partial charge on any atom is -0.494 e. The van der Waals surface area contributed by atoms with Crippen LogP contribution in [0.2, 0.25) is 5.02 Å². The van der Waals surface area contributed by atoms with Gasteiger partial charge in [-0.15, -0.1) is 0 Å². The van der Waals surface area contributed by atoms with Crippen molar-refractivity contribution in [3.8, 4) is 5.75 Å². The van der Waals surface area contributed by atoms with Gasteiger partial charge in [-0.3, -0.25) is 4.79 Å². The second-order valence-electron chi connectivity index (χ2n) is 6.44. The average Bonchev–Trinajstić information content (AvgIpc) is 2.69. The number of halogens is 1. The zero-order chi connectivity index (χ0) is 19.1. The van der Waals surface area contributed by atoms with Gasteiger partial charge < -0.3 is 19.7 Å². The predicted molar refractivity (Wildman–Crippen MR) is 109 cm³/mol. The summed E-state index contributed by atoms with van der Waals surface area (Å²) in [6.45, 7) is 5.68. The molecule has 1 saturated heterocycles. The molecule has 0 aliphatic carbocycles. The number of hydrogen-bond donors (Lipinski definition) is 1. The number of ether oxygens (including phenoxy) is 2. The van der Waals surface area contributed by atoms with Gasteiger partial charge in [-0.2, -0.15) is 0 Å². The lowest BCUT2D eigenvalue weighted by Gasteiger charge is -2.30. The number of morpholine rings is 1. The van der Waals surface area contributed by atoms with Crippen molar-refractivity contribution in [1.82, 2.24) is 0 Å². The molecule has 0 bridgehead atoms. The van der Waals surface area contributed by atoms with Gasteiger partial charge in [-0.05, 0) is 42.8 Å². The Morgan fingerprint density at radius 1 is 1.22 bits per heavy atom. The van der Waals surface area contributed by atoms with E-state index in [9.17, 15) is 4.79 Å². The molecule has 1 heterocycles. The highest BCUT2D eigenvalue weighted by Gasteiger charge is 2.17. The fraction of sp³-hybridized carbons (Fsp3) is 0.381. The summed E-state index contributed by atoms with van der Waals surface area (Å²) in [6, 6.07) is 12.8. The van der Waals surface area contributed by atoms with Crippen LogP contribution in [0.4, 0.5) is 11.4 Å². The molecule has 144 valence electrons. The molecule has 0 unspecified atom stereocenters. The van der Waals surface area contributed by atoms with Crippen molar-refractivity contribution in [3.63, 3.8) is 0 Å². The molecule has 1 aliphatic heterocycles. The lowest BCUT2D eigenvalue weighted by molar-refractivity contribution is 0.102. The molecule has 1 aliphatic rings. The van der Waals surface area contributed by atoms with Crippen LogP contribution >= 0.6 is 11.6 Å². The first-order chi connectivity index (χ1) is 13.2. The van der Waals surface area contributed by atoms with Gasteiger partial charge in [0.05, 0.1) is 31.2 Å². The normalized spacial score (nSPS) is 14.1. The molecule has 1 amide bonds. The van der Waals surface area contributed by atoms with E-state index in [-0.39, 0.29) is 5.91 Å². The molecule has 6 heteroatoms. The van der Waals surface area contributed by atoms with Crippen LogP contribution in [-0.4, -0.2) is 38.8 Å². The molecule has 3 rings (SSSR count). The number of rotatable bonds is 7. The Bertz CT molecular complexity index is 776. The third-order valence-electron chi connectivity index (χ3n) is 4.42. The van der Waals surface area contributed by atoms with Gasteiger partial charge in [-0.1, -0.05) is 31.0 Å². The van der Waals surface area contributed by atoms with Gasteiger partial charge in [0.1, 0.15) is 5.75 Å². The summed E-state index contributed by atoms with van der Waals surface area (Å²) >= 11 is 6.17. The topological polar surface area (TPSA) is 50.8 Å². The monoisotopic (exact) mass is 388 g/mol. The zero-order valence-corrected chi connectivity index (χ0v) is 16.3. The van der Waals surface area contributed by atoms with Gasteiger partial charge in [0.25, 0.3) is 5.91 Å². The Labute approximate surface area is 165 Å². The second-order valence-corrected chi connectivity index (χ2v) is 6.88. The van der Waals surface area contributed by atoms with Gasteiger partial charge >= 0.3 is 0 Å².